The van der Waals surface area contributed by atoms with E-state index < -0.39 is 0 Å². The van der Waals surface area contributed by atoms with E-state index in [1.54, 1.807) is 15.6 Å². The second-order valence-electron chi connectivity index (χ2n) is 10.9. The third-order valence-electron chi connectivity index (χ3n) is 7.84. The summed E-state index contributed by atoms with van der Waals surface area (Å²) in [7, 11) is 0. The molecule has 0 aliphatic rings. The van der Waals surface area contributed by atoms with Gasteiger partial charge in [0.1, 0.15) is 5.69 Å². The van der Waals surface area contributed by atoms with Crippen molar-refractivity contribution >= 4 is 27.7 Å². The lowest BCUT2D eigenvalue weighted by atomic mass is 10.0. The molecule has 0 saturated heterocycles. The second-order valence-corrected chi connectivity index (χ2v) is 10.9. The van der Waals surface area contributed by atoms with Crippen LogP contribution in [0.1, 0.15) is 32.7 Å². The van der Waals surface area contributed by atoms with E-state index in [1.165, 1.54) is 11.1 Å². The van der Waals surface area contributed by atoms with Crippen LogP contribution in [-0.4, -0.2) is 35.7 Å². The highest BCUT2D eigenvalue weighted by molar-refractivity contribution is 6.07. The van der Waals surface area contributed by atoms with Crippen LogP contribution in [0.4, 0.5) is 0 Å². The number of hydrogen-bond donors (Lipinski definition) is 1. The minimum absolute atomic E-state index is 0.227. The summed E-state index contributed by atoms with van der Waals surface area (Å²) >= 11 is 0. The molecule has 7 aromatic rings. The van der Waals surface area contributed by atoms with Crippen LogP contribution in [0.25, 0.3) is 44.4 Å². The highest BCUT2D eigenvalue weighted by Crippen LogP contribution is 2.29. The van der Waals surface area contributed by atoms with Gasteiger partial charge in [-0.2, -0.15) is 5.10 Å². The number of nitrogens with zero attached hydrogens (tertiary/aromatic N) is 6. The fraction of sp³-hybridized carbons (Fsp3) is 0.114. The Kier molecular flexibility index (Phi) is 6.51. The number of carbonyl (C=O) groups is 1. The van der Waals surface area contributed by atoms with Gasteiger partial charge in [-0.05, 0) is 79.1 Å². The number of fused-ring (bicyclic) bond motifs is 2. The van der Waals surface area contributed by atoms with Gasteiger partial charge in [-0.1, -0.05) is 65.4 Å². The summed E-state index contributed by atoms with van der Waals surface area (Å²) in [6.45, 7) is 6.42. The summed E-state index contributed by atoms with van der Waals surface area (Å²) in [5.74, 6) is -0.237. The van der Waals surface area contributed by atoms with Crippen LogP contribution in [0.15, 0.2) is 103 Å². The average molecular weight is 564 g/mol. The van der Waals surface area contributed by atoms with Gasteiger partial charge in [0.2, 0.25) is 0 Å². The Labute approximate surface area is 248 Å². The maximum absolute atomic E-state index is 13.7. The first-order valence-electron chi connectivity index (χ1n) is 14.1. The Morgan fingerprint density at radius 3 is 2.42 bits per heavy atom. The van der Waals surface area contributed by atoms with E-state index in [2.05, 4.69) is 71.0 Å². The molecule has 3 heterocycles. The predicted molar refractivity (Wildman–Crippen MR) is 169 cm³/mol. The van der Waals surface area contributed by atoms with E-state index in [9.17, 15) is 4.79 Å². The van der Waals surface area contributed by atoms with Crippen LogP contribution in [0.3, 0.4) is 0 Å². The monoisotopic (exact) mass is 563 g/mol. The molecule has 0 spiro atoms. The van der Waals surface area contributed by atoms with Crippen molar-refractivity contribution in [1.82, 2.24) is 35.1 Å². The molecule has 0 saturated carbocycles. The first-order valence-corrected chi connectivity index (χ1v) is 14.1. The molecule has 0 radical (unpaired) electrons. The third kappa shape index (κ3) is 5.04. The lowest BCUT2D eigenvalue weighted by molar-refractivity contribution is 0.0952. The minimum Gasteiger partial charge on any atom is -0.346 e. The van der Waals surface area contributed by atoms with Gasteiger partial charge < -0.3 is 5.32 Å². The van der Waals surface area contributed by atoms with Crippen LogP contribution < -0.4 is 5.32 Å². The van der Waals surface area contributed by atoms with Crippen molar-refractivity contribution in [2.75, 3.05) is 0 Å². The summed E-state index contributed by atoms with van der Waals surface area (Å²) < 4.78 is 3.51. The van der Waals surface area contributed by atoms with Crippen molar-refractivity contribution in [3.63, 3.8) is 0 Å². The fourth-order valence-corrected chi connectivity index (χ4v) is 5.20. The van der Waals surface area contributed by atoms with Gasteiger partial charge >= 0.3 is 0 Å². The highest BCUT2D eigenvalue weighted by atomic mass is 16.1. The van der Waals surface area contributed by atoms with E-state index >= 15 is 0 Å². The predicted octanol–water partition coefficient (Wildman–Crippen LogP) is 6.68. The normalized spacial score (nSPS) is 11.3. The zero-order valence-electron chi connectivity index (χ0n) is 24.1. The summed E-state index contributed by atoms with van der Waals surface area (Å²) in [5.41, 5.74) is 8.72. The molecule has 7 rings (SSSR count). The fourth-order valence-electron chi connectivity index (χ4n) is 5.20. The topological polar surface area (TPSA) is 90.5 Å². The molecular formula is C35H29N7O. The van der Waals surface area contributed by atoms with Gasteiger partial charge in [0.25, 0.3) is 5.91 Å². The number of benzene rings is 4. The van der Waals surface area contributed by atoms with E-state index in [0.29, 0.717) is 28.0 Å². The van der Waals surface area contributed by atoms with E-state index in [-0.39, 0.29) is 12.5 Å². The molecule has 4 aromatic carbocycles. The molecule has 43 heavy (non-hydrogen) atoms. The Bertz CT molecular complexity index is 2140. The average Bonchev–Trinajstić information content (AvgIpc) is 3.69. The maximum atomic E-state index is 13.7. The first-order chi connectivity index (χ1) is 20.9. The Balaban J connectivity index is 1.25. The van der Waals surface area contributed by atoms with Crippen LogP contribution in [0, 0.1) is 20.8 Å². The van der Waals surface area contributed by atoms with Gasteiger partial charge in [0.05, 0.1) is 47.0 Å². The van der Waals surface area contributed by atoms with Crippen LogP contribution in [-0.2, 0) is 6.54 Å². The van der Waals surface area contributed by atoms with Crippen molar-refractivity contribution in [2.24, 2.45) is 0 Å². The lowest BCUT2D eigenvalue weighted by Crippen LogP contribution is -2.23. The van der Waals surface area contributed by atoms with Crippen molar-refractivity contribution in [3.8, 4) is 22.6 Å². The van der Waals surface area contributed by atoms with Gasteiger partial charge in [-0.3, -0.25) is 4.79 Å². The van der Waals surface area contributed by atoms with Gasteiger partial charge in [0, 0.05) is 5.56 Å². The van der Waals surface area contributed by atoms with E-state index in [1.807, 2.05) is 67.7 Å². The summed E-state index contributed by atoms with van der Waals surface area (Å²) in [6, 6.07) is 30.5. The van der Waals surface area contributed by atoms with Crippen molar-refractivity contribution in [2.45, 2.75) is 27.3 Å². The Morgan fingerprint density at radius 2 is 1.60 bits per heavy atom. The molecule has 1 amide bonds. The lowest BCUT2D eigenvalue weighted by Gasteiger charge is -2.10. The molecule has 0 fully saturated rings. The Hall–Kier alpha value is -5.63. The minimum atomic E-state index is -0.237. The molecule has 3 aromatic heterocycles. The number of carbonyl (C=O) groups excluding carboxylic acids is 1. The van der Waals surface area contributed by atoms with Gasteiger partial charge in [0.15, 0.2) is 5.65 Å². The molecule has 8 nitrogen and oxygen atoms in total. The molecule has 210 valence electrons. The largest absolute Gasteiger partial charge is 0.346 e. The molecule has 0 unspecified atom stereocenters. The number of aryl methyl sites for hydroxylation is 3. The molecule has 1 N–H and O–H groups in total. The quantitative estimate of drug-likeness (QED) is 0.244. The molecule has 0 atom stereocenters. The molecule has 0 aliphatic carbocycles. The molecule has 0 aliphatic heterocycles. The van der Waals surface area contributed by atoms with Crippen LogP contribution in [0.2, 0.25) is 0 Å². The summed E-state index contributed by atoms with van der Waals surface area (Å²) in [6.07, 6.45) is 3.54. The zero-order chi connectivity index (χ0) is 29.5. The van der Waals surface area contributed by atoms with Gasteiger partial charge in [-0.25, -0.2) is 14.3 Å². The number of amides is 1. The highest BCUT2D eigenvalue weighted by Gasteiger charge is 2.19. The van der Waals surface area contributed by atoms with E-state index in [4.69, 9.17) is 4.98 Å². The zero-order valence-corrected chi connectivity index (χ0v) is 24.1. The van der Waals surface area contributed by atoms with Gasteiger partial charge in [-0.15, -0.1) is 5.10 Å². The standard InChI is InChI=1S/C35H29N7O/c1-22-8-13-29(14-9-22)42-34-32(20-37-42)31(18-33(38-34)27-12-11-25-6-4-5-7-26(25)17-27)35(43)36-19-28-21-41(40-39-28)30-15-10-23(2)24(3)16-30/h4-18,20-21H,19H2,1-3H3,(H,36,43). The SMILES string of the molecule is Cc1ccc(-n2ncc3c(C(=O)NCc4cn(-c5ccc(C)c(C)c5)nn4)cc(-c4ccc5ccccc5c4)nc32)cc1. The number of aromatic nitrogens is 6. The van der Waals surface area contributed by atoms with Crippen molar-refractivity contribution < 1.29 is 4.79 Å². The molecular weight excluding hydrogens is 534 g/mol. The van der Waals surface area contributed by atoms with Crippen LogP contribution >= 0.6 is 0 Å². The Morgan fingerprint density at radius 1 is 0.814 bits per heavy atom. The van der Waals surface area contributed by atoms with E-state index in [0.717, 1.165) is 33.3 Å². The molecule has 8 heteroatoms. The maximum Gasteiger partial charge on any atom is 0.252 e. The number of pyridine rings is 1. The van der Waals surface area contributed by atoms with Crippen molar-refractivity contribution in [3.05, 3.63) is 131 Å². The number of hydrogen-bond acceptors (Lipinski definition) is 5. The first kappa shape index (κ1) is 26.3. The number of nitrogens with one attached hydrogen (secondary N) is 1. The summed E-state index contributed by atoms with van der Waals surface area (Å²) in [5, 5.41) is 19.2. The smallest absolute Gasteiger partial charge is 0.252 e. The van der Waals surface area contributed by atoms with Crippen LogP contribution in [0.5, 0.6) is 0 Å². The number of rotatable bonds is 6. The third-order valence-corrected chi connectivity index (χ3v) is 7.84. The summed E-state index contributed by atoms with van der Waals surface area (Å²) in [4.78, 5) is 18.8. The second kappa shape index (κ2) is 10.6. The van der Waals surface area contributed by atoms with Crippen molar-refractivity contribution in [1.29, 1.82) is 0 Å². The molecule has 0 bridgehead atoms.